The summed E-state index contributed by atoms with van der Waals surface area (Å²) in [5.74, 6) is 0.381. The van der Waals surface area contributed by atoms with Gasteiger partial charge in [-0.1, -0.05) is 0 Å². The van der Waals surface area contributed by atoms with Gasteiger partial charge in [0.05, 0.1) is 7.11 Å². The predicted octanol–water partition coefficient (Wildman–Crippen LogP) is 0.863. The molecular weight excluding hydrogens is 294 g/mol. The molecule has 3 rings (SSSR count). The van der Waals surface area contributed by atoms with Crippen LogP contribution in [0.2, 0.25) is 0 Å². The fraction of sp³-hybridized carbons (Fsp3) is 0.588. The lowest BCUT2D eigenvalue weighted by atomic mass is 10.1. The average molecular weight is 319 g/mol. The van der Waals surface area contributed by atoms with Gasteiger partial charge in [0.2, 0.25) is 0 Å². The first-order valence-electron chi connectivity index (χ1n) is 8.17. The van der Waals surface area contributed by atoms with Crippen molar-refractivity contribution in [3.8, 4) is 11.5 Å². The summed E-state index contributed by atoms with van der Waals surface area (Å²) >= 11 is 0. The molecule has 2 saturated heterocycles. The van der Waals surface area contributed by atoms with Gasteiger partial charge in [-0.3, -0.25) is 9.69 Å². The van der Waals surface area contributed by atoms with Crippen LogP contribution in [0.4, 0.5) is 0 Å². The molecule has 0 aromatic heterocycles. The van der Waals surface area contributed by atoms with Gasteiger partial charge in [-0.15, -0.1) is 0 Å². The van der Waals surface area contributed by atoms with Crippen molar-refractivity contribution >= 4 is 5.91 Å². The quantitative estimate of drug-likeness (QED) is 0.896. The number of hydrogen-bond acceptors (Lipinski definition) is 5. The molecule has 0 bridgehead atoms. The second kappa shape index (κ2) is 6.76. The van der Waals surface area contributed by atoms with E-state index in [1.54, 1.807) is 12.1 Å². The summed E-state index contributed by atoms with van der Waals surface area (Å²) in [6.07, 6.45) is 1.03. The fourth-order valence-corrected chi connectivity index (χ4v) is 3.42. The largest absolute Gasteiger partial charge is 0.504 e. The van der Waals surface area contributed by atoms with Crippen molar-refractivity contribution in [2.45, 2.75) is 12.5 Å². The lowest BCUT2D eigenvalue weighted by Gasteiger charge is -2.36. The Hall–Kier alpha value is -1.79. The molecule has 0 saturated carbocycles. The minimum absolute atomic E-state index is 0.00756. The zero-order chi connectivity index (χ0) is 16.4. The summed E-state index contributed by atoms with van der Waals surface area (Å²) < 4.78 is 5.02. The van der Waals surface area contributed by atoms with Crippen LogP contribution in [0, 0.1) is 0 Å². The second-order valence-electron chi connectivity index (χ2n) is 6.42. The van der Waals surface area contributed by atoms with E-state index in [0.717, 1.165) is 45.7 Å². The molecule has 2 heterocycles. The van der Waals surface area contributed by atoms with E-state index in [4.69, 9.17) is 4.74 Å². The number of hydrogen-bond donors (Lipinski definition) is 1. The summed E-state index contributed by atoms with van der Waals surface area (Å²) in [5, 5.41) is 9.86. The van der Waals surface area contributed by atoms with Gasteiger partial charge in [0.25, 0.3) is 5.91 Å². The number of phenols is 1. The molecule has 0 spiro atoms. The van der Waals surface area contributed by atoms with E-state index in [2.05, 4.69) is 16.8 Å². The monoisotopic (exact) mass is 319 g/mol. The third-order valence-electron chi connectivity index (χ3n) is 4.93. The molecule has 126 valence electrons. The highest BCUT2D eigenvalue weighted by Gasteiger charge is 2.32. The molecular formula is C17H25N3O3. The molecule has 0 radical (unpaired) electrons. The maximum atomic E-state index is 12.6. The molecule has 2 aliphatic rings. The Morgan fingerprint density at radius 2 is 1.96 bits per heavy atom. The summed E-state index contributed by atoms with van der Waals surface area (Å²) in [7, 11) is 3.65. The van der Waals surface area contributed by atoms with E-state index in [-0.39, 0.29) is 11.7 Å². The number of benzene rings is 1. The zero-order valence-corrected chi connectivity index (χ0v) is 13.9. The van der Waals surface area contributed by atoms with Crippen LogP contribution in [-0.4, -0.2) is 85.2 Å². The Balaban J connectivity index is 1.62. The molecule has 0 aliphatic carbocycles. The second-order valence-corrected chi connectivity index (χ2v) is 6.42. The molecule has 2 fully saturated rings. The van der Waals surface area contributed by atoms with Crippen LogP contribution in [0.25, 0.3) is 0 Å². The van der Waals surface area contributed by atoms with Crippen molar-refractivity contribution < 1.29 is 14.6 Å². The number of carbonyl (C=O) groups excluding carboxylic acids is 1. The number of ether oxygens (including phenoxy) is 1. The van der Waals surface area contributed by atoms with Crippen molar-refractivity contribution in [3.05, 3.63) is 23.8 Å². The van der Waals surface area contributed by atoms with Gasteiger partial charge < -0.3 is 19.6 Å². The van der Waals surface area contributed by atoms with Crippen LogP contribution in [0.1, 0.15) is 16.8 Å². The Morgan fingerprint density at radius 1 is 1.22 bits per heavy atom. The predicted molar refractivity (Wildman–Crippen MR) is 88.0 cm³/mol. The van der Waals surface area contributed by atoms with Crippen molar-refractivity contribution in [1.29, 1.82) is 0 Å². The van der Waals surface area contributed by atoms with Crippen molar-refractivity contribution in [2.24, 2.45) is 0 Å². The van der Waals surface area contributed by atoms with Crippen molar-refractivity contribution in [3.63, 3.8) is 0 Å². The number of methoxy groups -OCH3 is 1. The number of rotatable bonds is 3. The van der Waals surface area contributed by atoms with Gasteiger partial charge in [0.15, 0.2) is 11.5 Å². The first-order valence-corrected chi connectivity index (χ1v) is 8.17. The lowest BCUT2D eigenvalue weighted by molar-refractivity contribution is 0.0755. The van der Waals surface area contributed by atoms with Gasteiger partial charge >= 0.3 is 0 Å². The van der Waals surface area contributed by atoms with Gasteiger partial charge in [0.1, 0.15) is 0 Å². The molecule has 1 aromatic rings. The standard InChI is InChI=1S/C17H25N3O3/c1-18-7-9-19(10-8-18)14-5-6-20(12-14)17(22)13-3-4-16(23-2)15(21)11-13/h3-4,11,14,21H,5-10,12H2,1-2H3/t14-/m1/s1. The van der Waals surface area contributed by atoms with E-state index in [1.165, 1.54) is 13.2 Å². The molecule has 1 aromatic carbocycles. The molecule has 6 heteroatoms. The number of aromatic hydroxyl groups is 1. The molecule has 1 amide bonds. The van der Waals surface area contributed by atoms with Crippen LogP contribution in [0.5, 0.6) is 11.5 Å². The van der Waals surface area contributed by atoms with Crippen molar-refractivity contribution in [1.82, 2.24) is 14.7 Å². The smallest absolute Gasteiger partial charge is 0.254 e. The number of piperazine rings is 1. The number of nitrogens with zero attached hydrogens (tertiary/aromatic N) is 3. The summed E-state index contributed by atoms with van der Waals surface area (Å²) in [6.45, 7) is 5.89. The highest BCUT2D eigenvalue weighted by molar-refractivity contribution is 5.95. The molecule has 6 nitrogen and oxygen atoms in total. The summed E-state index contributed by atoms with van der Waals surface area (Å²) in [4.78, 5) is 19.4. The Bertz CT molecular complexity index is 570. The number of phenolic OH excluding ortho intramolecular Hbond substituents is 1. The van der Waals surface area contributed by atoms with Crippen molar-refractivity contribution in [2.75, 3.05) is 53.4 Å². The number of likely N-dealkylation sites (tertiary alicyclic amines) is 1. The van der Waals surface area contributed by atoms with E-state index >= 15 is 0 Å². The van der Waals surface area contributed by atoms with Crippen LogP contribution in [0.3, 0.4) is 0 Å². The summed E-state index contributed by atoms with van der Waals surface area (Å²) in [6, 6.07) is 5.30. The van der Waals surface area contributed by atoms with Crippen LogP contribution in [-0.2, 0) is 0 Å². The molecule has 1 N–H and O–H groups in total. The molecule has 23 heavy (non-hydrogen) atoms. The molecule has 2 aliphatic heterocycles. The van der Waals surface area contributed by atoms with Crippen LogP contribution < -0.4 is 4.74 Å². The average Bonchev–Trinajstić information content (AvgIpc) is 3.04. The van der Waals surface area contributed by atoms with Gasteiger partial charge in [-0.2, -0.15) is 0 Å². The topological polar surface area (TPSA) is 56.2 Å². The van der Waals surface area contributed by atoms with Gasteiger partial charge in [0, 0.05) is 50.9 Å². The minimum atomic E-state index is -0.0143. The maximum Gasteiger partial charge on any atom is 0.254 e. The van der Waals surface area contributed by atoms with E-state index in [9.17, 15) is 9.90 Å². The van der Waals surface area contributed by atoms with E-state index < -0.39 is 0 Å². The first-order chi connectivity index (χ1) is 11.1. The molecule has 0 unspecified atom stereocenters. The Morgan fingerprint density at radius 3 is 2.61 bits per heavy atom. The zero-order valence-electron chi connectivity index (χ0n) is 13.9. The first kappa shape index (κ1) is 16.1. The summed E-state index contributed by atoms with van der Waals surface area (Å²) in [5.41, 5.74) is 0.516. The van der Waals surface area contributed by atoms with Crippen LogP contribution >= 0.6 is 0 Å². The number of carbonyl (C=O) groups is 1. The Labute approximate surface area is 137 Å². The van der Waals surface area contributed by atoms with Gasteiger partial charge in [-0.25, -0.2) is 0 Å². The lowest BCUT2D eigenvalue weighted by Crippen LogP contribution is -2.50. The maximum absolute atomic E-state index is 12.6. The van der Waals surface area contributed by atoms with Crippen LogP contribution in [0.15, 0.2) is 18.2 Å². The van der Waals surface area contributed by atoms with E-state index in [0.29, 0.717) is 17.4 Å². The van der Waals surface area contributed by atoms with Gasteiger partial charge in [-0.05, 0) is 31.7 Å². The molecule has 1 atom stereocenters. The number of amides is 1. The number of likely N-dealkylation sites (N-methyl/N-ethyl adjacent to an activating group) is 1. The minimum Gasteiger partial charge on any atom is -0.504 e. The third kappa shape index (κ3) is 3.43. The SMILES string of the molecule is COc1ccc(C(=O)N2CC[C@@H](N3CCN(C)CC3)C2)cc1O. The highest BCUT2D eigenvalue weighted by atomic mass is 16.5. The fourth-order valence-electron chi connectivity index (χ4n) is 3.42. The van der Waals surface area contributed by atoms with E-state index in [1.807, 2.05) is 4.90 Å². The third-order valence-corrected chi connectivity index (χ3v) is 4.93. The normalized spacial score (nSPS) is 23.2. The Kier molecular flexibility index (Phi) is 4.73. The highest BCUT2D eigenvalue weighted by Crippen LogP contribution is 2.27.